The van der Waals surface area contributed by atoms with Crippen molar-refractivity contribution < 1.29 is 22.8 Å². The van der Waals surface area contributed by atoms with E-state index in [0.717, 1.165) is 23.3 Å². The van der Waals surface area contributed by atoms with Crippen molar-refractivity contribution in [3.05, 3.63) is 101 Å². The number of rotatable bonds is 2. The fraction of sp³-hybridized carbons (Fsp3) is 0.200. The van der Waals surface area contributed by atoms with Crippen LogP contribution in [0.1, 0.15) is 44.6 Å². The second-order valence-corrected chi connectivity index (χ2v) is 8.02. The van der Waals surface area contributed by atoms with Crippen LogP contribution >= 0.6 is 0 Å². The van der Waals surface area contributed by atoms with Gasteiger partial charge >= 0.3 is 6.18 Å². The molecule has 0 aliphatic carbocycles. The molecule has 2 aliphatic heterocycles. The van der Waals surface area contributed by atoms with Gasteiger partial charge in [-0.2, -0.15) is 13.2 Å². The van der Waals surface area contributed by atoms with Gasteiger partial charge in [-0.25, -0.2) is 0 Å². The average Bonchev–Trinajstić information content (AvgIpc) is 2.79. The van der Waals surface area contributed by atoms with Gasteiger partial charge in [0.1, 0.15) is 0 Å². The molecule has 0 fully saturated rings. The highest BCUT2D eigenvalue weighted by Crippen LogP contribution is 2.46. The molecule has 2 aliphatic rings. The monoisotopic (exact) mass is 436 g/mol. The third-order valence-corrected chi connectivity index (χ3v) is 6.17. The molecule has 7 heteroatoms. The van der Waals surface area contributed by atoms with E-state index in [9.17, 15) is 22.8 Å². The number of carbonyl (C=O) groups is 2. The molecule has 5 rings (SSSR count). The number of nitrogens with zero attached hydrogens (tertiary/aromatic N) is 1. The smallest absolute Gasteiger partial charge is 0.330 e. The van der Waals surface area contributed by atoms with Gasteiger partial charge in [0.2, 0.25) is 5.91 Å². The van der Waals surface area contributed by atoms with Gasteiger partial charge in [-0.05, 0) is 47.4 Å². The fourth-order valence-corrected chi connectivity index (χ4v) is 4.75. The molecule has 2 atom stereocenters. The quantitative estimate of drug-likeness (QED) is 0.602. The lowest BCUT2D eigenvalue weighted by Crippen LogP contribution is -2.49. The maximum atomic E-state index is 13.5. The molecule has 2 heterocycles. The summed E-state index contributed by atoms with van der Waals surface area (Å²) in [6, 6.07) is 18.7. The SMILES string of the molecule is O=C(Nc1cccc(C(F)(F)F)c1)C1c2ccccc2C(=O)N2CCc3ccccc3C12. The summed E-state index contributed by atoms with van der Waals surface area (Å²) in [4.78, 5) is 28.5. The summed E-state index contributed by atoms with van der Waals surface area (Å²) in [6.45, 7) is 0.474. The molecule has 3 aromatic carbocycles. The molecule has 0 radical (unpaired) electrons. The van der Waals surface area contributed by atoms with Crippen molar-refractivity contribution in [2.45, 2.75) is 24.6 Å². The number of anilines is 1. The average molecular weight is 436 g/mol. The van der Waals surface area contributed by atoms with Gasteiger partial charge < -0.3 is 10.2 Å². The first kappa shape index (κ1) is 20.3. The second kappa shape index (κ2) is 7.51. The van der Waals surface area contributed by atoms with Crippen molar-refractivity contribution in [3.63, 3.8) is 0 Å². The molecule has 32 heavy (non-hydrogen) atoms. The Bertz CT molecular complexity index is 1220. The summed E-state index contributed by atoms with van der Waals surface area (Å²) in [5.74, 6) is -1.33. The number of hydrogen-bond acceptors (Lipinski definition) is 2. The second-order valence-electron chi connectivity index (χ2n) is 8.02. The zero-order valence-electron chi connectivity index (χ0n) is 16.9. The lowest BCUT2D eigenvalue weighted by molar-refractivity contribution is -0.137. The zero-order chi connectivity index (χ0) is 22.5. The Balaban J connectivity index is 1.59. The van der Waals surface area contributed by atoms with E-state index in [-0.39, 0.29) is 11.6 Å². The molecule has 162 valence electrons. The van der Waals surface area contributed by atoms with E-state index in [1.54, 1.807) is 29.2 Å². The normalized spacial score (nSPS) is 19.6. The maximum absolute atomic E-state index is 13.5. The fourth-order valence-electron chi connectivity index (χ4n) is 4.75. The number of halogens is 3. The number of alkyl halides is 3. The molecule has 0 bridgehead atoms. The first-order valence-corrected chi connectivity index (χ1v) is 10.3. The van der Waals surface area contributed by atoms with Gasteiger partial charge in [0.15, 0.2) is 0 Å². The summed E-state index contributed by atoms with van der Waals surface area (Å²) in [6.07, 6.45) is -3.83. The van der Waals surface area contributed by atoms with Crippen LogP contribution < -0.4 is 5.32 Å². The highest BCUT2D eigenvalue weighted by molar-refractivity contribution is 6.04. The van der Waals surface area contributed by atoms with Gasteiger partial charge in [-0.15, -0.1) is 0 Å². The first-order valence-electron chi connectivity index (χ1n) is 10.3. The minimum atomic E-state index is -4.51. The van der Waals surface area contributed by atoms with Gasteiger partial charge in [0, 0.05) is 17.8 Å². The summed E-state index contributed by atoms with van der Waals surface area (Å²) in [5.41, 5.74) is 2.23. The van der Waals surface area contributed by atoms with Crippen molar-refractivity contribution in [1.82, 2.24) is 4.90 Å². The molecule has 3 aromatic rings. The molecular formula is C25H19F3N2O2. The van der Waals surface area contributed by atoms with Crippen molar-refractivity contribution in [2.75, 3.05) is 11.9 Å². The Morgan fingerprint density at radius 3 is 2.44 bits per heavy atom. The highest BCUT2D eigenvalue weighted by Gasteiger charge is 2.46. The molecule has 2 amide bonds. The van der Waals surface area contributed by atoms with E-state index in [1.807, 2.05) is 24.3 Å². The molecular weight excluding hydrogens is 417 g/mol. The molecule has 0 aromatic heterocycles. The van der Waals surface area contributed by atoms with Crippen LogP contribution in [0.3, 0.4) is 0 Å². The van der Waals surface area contributed by atoms with E-state index < -0.39 is 29.6 Å². The zero-order valence-corrected chi connectivity index (χ0v) is 16.9. The van der Waals surface area contributed by atoms with Crippen LogP contribution in [0.15, 0.2) is 72.8 Å². The number of hydrogen-bond donors (Lipinski definition) is 1. The van der Waals surface area contributed by atoms with Crippen LogP contribution in [-0.4, -0.2) is 23.3 Å². The lowest BCUT2D eigenvalue weighted by Gasteiger charge is -2.45. The Labute approximate surface area is 182 Å². The number of amides is 2. The van der Waals surface area contributed by atoms with Gasteiger partial charge in [0.05, 0.1) is 17.5 Å². The highest BCUT2D eigenvalue weighted by atomic mass is 19.4. The summed E-state index contributed by atoms with van der Waals surface area (Å²) >= 11 is 0. The van der Waals surface area contributed by atoms with Crippen LogP contribution in [0.5, 0.6) is 0 Å². The topological polar surface area (TPSA) is 49.4 Å². The molecule has 1 N–H and O–H groups in total. The number of benzene rings is 3. The number of fused-ring (bicyclic) bond motifs is 4. The molecule has 0 saturated heterocycles. The number of nitrogens with one attached hydrogen (secondary N) is 1. The van der Waals surface area contributed by atoms with Crippen molar-refractivity contribution >= 4 is 17.5 Å². The Kier molecular flexibility index (Phi) is 4.77. The maximum Gasteiger partial charge on any atom is 0.416 e. The van der Waals surface area contributed by atoms with E-state index >= 15 is 0 Å². The van der Waals surface area contributed by atoms with E-state index in [1.165, 1.54) is 12.1 Å². The summed E-state index contributed by atoms with van der Waals surface area (Å²) < 4.78 is 39.4. The molecule has 0 saturated carbocycles. The molecule has 2 unspecified atom stereocenters. The van der Waals surface area contributed by atoms with Crippen LogP contribution in [0, 0.1) is 0 Å². The first-order chi connectivity index (χ1) is 15.3. The number of carbonyl (C=O) groups excluding carboxylic acids is 2. The minimum Gasteiger partial charge on any atom is -0.330 e. The van der Waals surface area contributed by atoms with Crippen LogP contribution in [0.2, 0.25) is 0 Å². The third kappa shape index (κ3) is 3.34. The predicted molar refractivity (Wildman–Crippen MR) is 113 cm³/mol. The van der Waals surface area contributed by atoms with E-state index in [0.29, 0.717) is 24.1 Å². The summed E-state index contributed by atoms with van der Waals surface area (Å²) in [7, 11) is 0. The third-order valence-electron chi connectivity index (χ3n) is 6.17. The Morgan fingerprint density at radius 1 is 0.938 bits per heavy atom. The molecule has 4 nitrogen and oxygen atoms in total. The Hall–Kier alpha value is -3.61. The van der Waals surface area contributed by atoms with Crippen LogP contribution in [-0.2, 0) is 17.4 Å². The van der Waals surface area contributed by atoms with Crippen molar-refractivity contribution in [2.24, 2.45) is 0 Å². The van der Waals surface area contributed by atoms with Gasteiger partial charge in [0.25, 0.3) is 5.91 Å². The Morgan fingerprint density at radius 2 is 1.66 bits per heavy atom. The summed E-state index contributed by atoms with van der Waals surface area (Å²) in [5, 5.41) is 2.67. The van der Waals surface area contributed by atoms with E-state index in [4.69, 9.17) is 0 Å². The van der Waals surface area contributed by atoms with Gasteiger partial charge in [-0.1, -0.05) is 48.5 Å². The van der Waals surface area contributed by atoms with E-state index in [2.05, 4.69) is 5.32 Å². The van der Waals surface area contributed by atoms with Crippen LogP contribution in [0.4, 0.5) is 18.9 Å². The minimum absolute atomic E-state index is 0.0647. The largest absolute Gasteiger partial charge is 0.416 e. The molecule has 0 spiro atoms. The lowest BCUT2D eigenvalue weighted by atomic mass is 9.76. The standard InChI is InChI=1S/C25H19F3N2O2/c26-25(27,28)16-7-5-8-17(14-16)29-23(31)21-19-10-3-4-11-20(19)24(32)30-13-12-15-6-1-2-9-18(15)22(21)30/h1-11,14,21-22H,12-13H2,(H,29,31). The van der Waals surface area contributed by atoms with Crippen molar-refractivity contribution in [1.29, 1.82) is 0 Å². The predicted octanol–water partition coefficient (Wildman–Crippen LogP) is 5.18. The van der Waals surface area contributed by atoms with Gasteiger partial charge in [-0.3, -0.25) is 9.59 Å². The van der Waals surface area contributed by atoms with Crippen LogP contribution in [0.25, 0.3) is 0 Å². The van der Waals surface area contributed by atoms with Crippen molar-refractivity contribution in [3.8, 4) is 0 Å².